The number of carbonyl (C=O) groups excluding carboxylic acids is 2. The summed E-state index contributed by atoms with van der Waals surface area (Å²) in [5.41, 5.74) is 0. The number of unbranched alkanes of at least 4 members (excludes halogenated alkanes) is 1. The fraction of sp³-hybridized carbons (Fsp3) is 0.545. The van der Waals surface area contributed by atoms with Crippen LogP contribution in [0.2, 0.25) is 0 Å². The molecule has 16 heavy (non-hydrogen) atoms. The average molecular weight is 226 g/mol. The average Bonchev–Trinajstić information content (AvgIpc) is 2.29. The number of rotatable bonds is 5. The van der Waals surface area contributed by atoms with Crippen LogP contribution < -0.4 is 5.32 Å². The highest BCUT2D eigenvalue weighted by Crippen LogP contribution is 1.83. The Hall–Kier alpha value is -1.83. The highest BCUT2D eigenvalue weighted by atomic mass is 16.5. The van der Waals surface area contributed by atoms with E-state index in [9.17, 15) is 9.59 Å². The summed E-state index contributed by atoms with van der Waals surface area (Å²) in [5, 5.41) is 10.7. The monoisotopic (exact) mass is 226 g/mol. The van der Waals surface area contributed by atoms with Gasteiger partial charge in [0.25, 0.3) is 0 Å². The maximum absolute atomic E-state index is 10.6. The summed E-state index contributed by atoms with van der Waals surface area (Å²) < 4.78 is 4.14. The summed E-state index contributed by atoms with van der Waals surface area (Å²) in [6.07, 6.45) is 3.13. The molecule has 1 amide bonds. The number of ether oxygens (including phenoxy) is 1. The van der Waals surface area contributed by atoms with Crippen LogP contribution in [0.4, 0.5) is 0 Å². The fourth-order valence-electron chi connectivity index (χ4n) is 0.622. The van der Waals surface area contributed by atoms with Gasteiger partial charge in [0.1, 0.15) is 6.42 Å². The molecule has 0 aliphatic heterocycles. The number of nitriles is 1. The minimum atomic E-state index is -0.394. The lowest BCUT2D eigenvalue weighted by atomic mass is 10.3. The number of nitrogens with one attached hydrogen (secondary N) is 1. The minimum absolute atomic E-state index is 0.0241. The molecular weight excluding hydrogens is 208 g/mol. The number of esters is 1. The van der Waals surface area contributed by atoms with Crippen molar-refractivity contribution in [3.8, 4) is 6.07 Å². The van der Waals surface area contributed by atoms with Crippen LogP contribution in [0.15, 0.2) is 12.7 Å². The largest absolute Gasteiger partial charge is 0.466 e. The summed E-state index contributed by atoms with van der Waals surface area (Å²) in [7, 11) is 1.31. The molecule has 0 bridgehead atoms. The van der Waals surface area contributed by atoms with Crippen LogP contribution in [0.3, 0.4) is 0 Å². The van der Waals surface area contributed by atoms with E-state index in [1.165, 1.54) is 7.11 Å². The van der Waals surface area contributed by atoms with Crippen molar-refractivity contribution in [3.05, 3.63) is 12.7 Å². The lowest BCUT2D eigenvalue weighted by molar-refractivity contribution is -0.134. The molecule has 0 unspecified atom stereocenters. The van der Waals surface area contributed by atoms with Crippen LogP contribution in [-0.4, -0.2) is 25.5 Å². The lowest BCUT2D eigenvalue weighted by Crippen LogP contribution is -2.23. The van der Waals surface area contributed by atoms with Gasteiger partial charge in [-0.15, -0.1) is 0 Å². The van der Waals surface area contributed by atoms with Gasteiger partial charge in [-0.25, -0.2) is 4.79 Å². The van der Waals surface area contributed by atoms with Crippen molar-refractivity contribution >= 4 is 11.9 Å². The molecule has 0 rings (SSSR count). The zero-order valence-corrected chi connectivity index (χ0v) is 9.78. The summed E-state index contributed by atoms with van der Waals surface area (Å²) in [5.74, 6) is -0.564. The molecule has 0 fully saturated rings. The van der Waals surface area contributed by atoms with E-state index < -0.39 is 5.97 Å². The van der Waals surface area contributed by atoms with E-state index in [1.807, 2.05) is 0 Å². The van der Waals surface area contributed by atoms with Crippen LogP contribution in [0, 0.1) is 11.3 Å². The topological polar surface area (TPSA) is 79.2 Å². The molecule has 5 nitrogen and oxygen atoms in total. The van der Waals surface area contributed by atoms with Gasteiger partial charge in [0.2, 0.25) is 5.91 Å². The molecular formula is C11H18N2O3. The van der Waals surface area contributed by atoms with Gasteiger partial charge >= 0.3 is 5.97 Å². The molecule has 0 aliphatic rings. The number of nitrogens with zero attached hydrogens (tertiary/aromatic N) is 1. The Morgan fingerprint density at radius 1 is 1.56 bits per heavy atom. The van der Waals surface area contributed by atoms with Crippen LogP contribution in [-0.2, 0) is 14.3 Å². The Balaban J connectivity index is 0. The van der Waals surface area contributed by atoms with Gasteiger partial charge in [-0.05, 0) is 6.42 Å². The van der Waals surface area contributed by atoms with E-state index >= 15 is 0 Å². The SMILES string of the molecule is C=CC(=O)OC.CCCCNC(=O)CC#N. The molecule has 0 radical (unpaired) electrons. The number of amides is 1. The first-order chi connectivity index (χ1) is 7.62. The van der Waals surface area contributed by atoms with Crippen molar-refractivity contribution < 1.29 is 14.3 Å². The standard InChI is InChI=1S/C7H12N2O.C4H6O2/c1-2-3-6-9-7(10)4-5-8;1-3-4(5)6-2/h2-4,6H2,1H3,(H,9,10);3H,1H2,2H3. The summed E-state index contributed by atoms with van der Waals surface area (Å²) >= 11 is 0. The second-order valence-electron chi connectivity index (χ2n) is 2.77. The molecule has 0 aromatic rings. The van der Waals surface area contributed by atoms with Crippen LogP contribution >= 0.6 is 0 Å². The third-order valence-electron chi connectivity index (χ3n) is 1.46. The molecule has 1 N–H and O–H groups in total. The molecule has 5 heteroatoms. The second-order valence-corrected chi connectivity index (χ2v) is 2.77. The van der Waals surface area contributed by atoms with Crippen molar-refractivity contribution in [1.29, 1.82) is 5.26 Å². The predicted octanol–water partition coefficient (Wildman–Crippen LogP) is 1.16. The van der Waals surface area contributed by atoms with E-state index in [-0.39, 0.29) is 12.3 Å². The normalized spacial score (nSPS) is 7.81. The lowest BCUT2D eigenvalue weighted by Gasteiger charge is -1.98. The Labute approximate surface area is 96.1 Å². The van der Waals surface area contributed by atoms with Gasteiger partial charge in [0.15, 0.2) is 0 Å². The molecule has 0 saturated heterocycles. The van der Waals surface area contributed by atoms with Crippen molar-refractivity contribution in [1.82, 2.24) is 5.32 Å². The van der Waals surface area contributed by atoms with E-state index in [0.29, 0.717) is 6.54 Å². The van der Waals surface area contributed by atoms with E-state index in [2.05, 4.69) is 23.6 Å². The number of hydrogen-bond donors (Lipinski definition) is 1. The molecule has 0 spiro atoms. The molecule has 90 valence electrons. The number of carbonyl (C=O) groups is 2. The molecule has 0 saturated carbocycles. The molecule has 0 aliphatic carbocycles. The van der Waals surface area contributed by atoms with Crippen molar-refractivity contribution in [2.24, 2.45) is 0 Å². The maximum atomic E-state index is 10.6. The first-order valence-corrected chi connectivity index (χ1v) is 4.96. The Bertz CT molecular complexity index is 256. The third kappa shape index (κ3) is 14.7. The second kappa shape index (κ2) is 13.2. The van der Waals surface area contributed by atoms with Gasteiger partial charge in [-0.2, -0.15) is 5.26 Å². The molecule has 0 aromatic carbocycles. The van der Waals surface area contributed by atoms with E-state index in [1.54, 1.807) is 6.07 Å². The van der Waals surface area contributed by atoms with Crippen LogP contribution in [0.1, 0.15) is 26.2 Å². The zero-order valence-electron chi connectivity index (χ0n) is 9.78. The van der Waals surface area contributed by atoms with E-state index in [4.69, 9.17) is 5.26 Å². The third-order valence-corrected chi connectivity index (χ3v) is 1.46. The fourth-order valence-corrected chi connectivity index (χ4v) is 0.622. The van der Waals surface area contributed by atoms with Crippen molar-refractivity contribution in [3.63, 3.8) is 0 Å². The molecule has 0 atom stereocenters. The smallest absolute Gasteiger partial charge is 0.329 e. The Morgan fingerprint density at radius 2 is 2.19 bits per heavy atom. The highest BCUT2D eigenvalue weighted by Gasteiger charge is 1.95. The van der Waals surface area contributed by atoms with Gasteiger partial charge < -0.3 is 10.1 Å². The van der Waals surface area contributed by atoms with Gasteiger partial charge in [0, 0.05) is 12.6 Å². The summed E-state index contributed by atoms with van der Waals surface area (Å²) in [6, 6.07) is 1.78. The van der Waals surface area contributed by atoms with Crippen LogP contribution in [0.25, 0.3) is 0 Å². The van der Waals surface area contributed by atoms with Gasteiger partial charge in [-0.3, -0.25) is 4.79 Å². The predicted molar refractivity (Wildman–Crippen MR) is 60.4 cm³/mol. The minimum Gasteiger partial charge on any atom is -0.466 e. The maximum Gasteiger partial charge on any atom is 0.329 e. The highest BCUT2D eigenvalue weighted by molar-refractivity contribution is 5.80. The summed E-state index contributed by atoms with van der Waals surface area (Å²) in [4.78, 5) is 20.4. The quantitative estimate of drug-likeness (QED) is 0.433. The van der Waals surface area contributed by atoms with Crippen LogP contribution in [0.5, 0.6) is 0 Å². The first-order valence-electron chi connectivity index (χ1n) is 4.96. The molecule has 0 heterocycles. The van der Waals surface area contributed by atoms with Crippen molar-refractivity contribution in [2.45, 2.75) is 26.2 Å². The summed E-state index contributed by atoms with van der Waals surface area (Å²) in [6.45, 7) is 5.90. The van der Waals surface area contributed by atoms with Gasteiger partial charge in [0.05, 0.1) is 13.2 Å². The zero-order chi connectivity index (χ0) is 12.8. The van der Waals surface area contributed by atoms with Gasteiger partial charge in [-0.1, -0.05) is 19.9 Å². The number of methoxy groups -OCH3 is 1. The van der Waals surface area contributed by atoms with E-state index in [0.717, 1.165) is 18.9 Å². The van der Waals surface area contributed by atoms with Crippen molar-refractivity contribution in [2.75, 3.05) is 13.7 Å². The number of hydrogen-bond acceptors (Lipinski definition) is 4. The first kappa shape index (κ1) is 16.6. The molecule has 0 aromatic heterocycles. The Kier molecular flexibility index (Phi) is 13.7. The Morgan fingerprint density at radius 3 is 2.50 bits per heavy atom.